The number of nitrogens with zero attached hydrogens (tertiary/aromatic N) is 5. The average molecular weight is 516 g/mol. The smallest absolute Gasteiger partial charge is 0.255 e. The van der Waals surface area contributed by atoms with E-state index in [4.69, 9.17) is 0 Å². The molecular weight excluding hydrogens is 490 g/mol. The molecule has 0 spiro atoms. The maximum Gasteiger partial charge on any atom is 0.255 e. The number of nitriles is 1. The standard InChI is InChI=1S/C30H25N7O2/c1-18-2-5-23(36-29(39)20-6-9-33-26(11-20)30(16-31)7-8-30)12-24(18)21-10-22(15-32-14-21)25-13-27(35-17-34-25)37-28(38)19-3-4-19/h2,5-6,9-15,17,19H,3-4,7-8H2,1H3,(H,36,39)(H,34,35,37,38). The summed E-state index contributed by atoms with van der Waals surface area (Å²) in [6, 6.07) is 15.1. The largest absolute Gasteiger partial charge is 0.322 e. The van der Waals surface area contributed by atoms with Crippen LogP contribution in [0.2, 0.25) is 0 Å². The summed E-state index contributed by atoms with van der Waals surface area (Å²) in [6.45, 7) is 2.00. The highest BCUT2D eigenvalue weighted by Gasteiger charge is 2.46. The van der Waals surface area contributed by atoms with E-state index in [0.29, 0.717) is 28.5 Å². The minimum Gasteiger partial charge on any atom is -0.322 e. The first-order valence-electron chi connectivity index (χ1n) is 12.8. The second kappa shape index (κ2) is 9.72. The Morgan fingerprint density at radius 1 is 0.974 bits per heavy atom. The maximum atomic E-state index is 13.0. The Kier molecular flexibility index (Phi) is 6.08. The fourth-order valence-electron chi connectivity index (χ4n) is 4.48. The van der Waals surface area contributed by atoms with Gasteiger partial charge >= 0.3 is 0 Å². The fourth-order valence-corrected chi connectivity index (χ4v) is 4.48. The first kappa shape index (κ1) is 24.4. The van der Waals surface area contributed by atoms with Crippen LogP contribution in [0.5, 0.6) is 0 Å². The molecule has 0 saturated heterocycles. The molecule has 2 aliphatic rings. The van der Waals surface area contributed by atoms with Crippen LogP contribution in [-0.4, -0.2) is 31.8 Å². The second-order valence-electron chi connectivity index (χ2n) is 10.1. The highest BCUT2D eigenvalue weighted by Crippen LogP contribution is 2.46. The normalized spacial score (nSPS) is 15.2. The number of pyridine rings is 2. The van der Waals surface area contributed by atoms with E-state index < -0.39 is 5.41 Å². The third kappa shape index (κ3) is 5.09. The molecule has 4 aromatic rings. The molecule has 2 saturated carbocycles. The Labute approximate surface area is 225 Å². The van der Waals surface area contributed by atoms with E-state index in [1.807, 2.05) is 31.2 Å². The monoisotopic (exact) mass is 515 g/mol. The Morgan fingerprint density at radius 3 is 2.56 bits per heavy atom. The molecule has 9 heteroatoms. The number of anilines is 2. The van der Waals surface area contributed by atoms with E-state index in [0.717, 1.165) is 47.9 Å². The van der Waals surface area contributed by atoms with Crippen LogP contribution in [0.1, 0.15) is 47.3 Å². The van der Waals surface area contributed by atoms with Crippen molar-refractivity contribution in [2.24, 2.45) is 5.92 Å². The summed E-state index contributed by atoms with van der Waals surface area (Å²) < 4.78 is 0. The number of benzene rings is 1. The van der Waals surface area contributed by atoms with Crippen molar-refractivity contribution in [1.29, 1.82) is 5.26 Å². The average Bonchev–Trinajstić information content (AvgIpc) is 3.89. The van der Waals surface area contributed by atoms with Gasteiger partial charge in [0.15, 0.2) is 0 Å². The van der Waals surface area contributed by atoms with Crippen LogP contribution in [0.15, 0.2) is 67.4 Å². The molecule has 2 N–H and O–H groups in total. The molecule has 39 heavy (non-hydrogen) atoms. The molecule has 9 nitrogen and oxygen atoms in total. The molecule has 192 valence electrons. The number of rotatable bonds is 7. The zero-order valence-electron chi connectivity index (χ0n) is 21.3. The third-order valence-corrected chi connectivity index (χ3v) is 7.18. The molecule has 6 rings (SSSR count). The summed E-state index contributed by atoms with van der Waals surface area (Å²) in [5.41, 5.74) is 5.40. The number of carbonyl (C=O) groups excluding carboxylic acids is 2. The van der Waals surface area contributed by atoms with Crippen molar-refractivity contribution in [1.82, 2.24) is 19.9 Å². The van der Waals surface area contributed by atoms with Gasteiger partial charge in [-0.2, -0.15) is 5.26 Å². The SMILES string of the molecule is Cc1ccc(NC(=O)c2ccnc(C3(C#N)CC3)c2)cc1-c1cncc(-c2cc(NC(=O)C3CC3)ncn2)c1. The molecule has 0 radical (unpaired) electrons. The van der Waals surface area contributed by atoms with Gasteiger partial charge in [-0.25, -0.2) is 9.97 Å². The molecule has 3 aromatic heterocycles. The number of carbonyl (C=O) groups is 2. The van der Waals surface area contributed by atoms with E-state index in [1.165, 1.54) is 6.33 Å². The summed E-state index contributed by atoms with van der Waals surface area (Å²) in [6.07, 6.45) is 9.85. The number of nitrogens with one attached hydrogen (secondary N) is 2. The van der Waals surface area contributed by atoms with Crippen LogP contribution in [0, 0.1) is 24.2 Å². The summed E-state index contributed by atoms with van der Waals surface area (Å²) in [4.78, 5) is 42.5. The first-order valence-corrected chi connectivity index (χ1v) is 12.8. The van der Waals surface area contributed by atoms with Gasteiger partial charge in [0.2, 0.25) is 5.91 Å². The predicted octanol–water partition coefficient (Wildman–Crippen LogP) is 5.07. The van der Waals surface area contributed by atoms with Gasteiger partial charge in [-0.3, -0.25) is 19.6 Å². The van der Waals surface area contributed by atoms with Crippen molar-refractivity contribution in [3.05, 3.63) is 84.2 Å². The van der Waals surface area contributed by atoms with Gasteiger partial charge in [0.05, 0.1) is 22.9 Å². The van der Waals surface area contributed by atoms with Crippen LogP contribution >= 0.6 is 0 Å². The summed E-state index contributed by atoms with van der Waals surface area (Å²) in [5, 5.41) is 15.3. The molecule has 0 atom stereocenters. The van der Waals surface area contributed by atoms with Crippen molar-refractivity contribution in [2.75, 3.05) is 10.6 Å². The van der Waals surface area contributed by atoms with Crippen molar-refractivity contribution >= 4 is 23.3 Å². The number of hydrogen-bond donors (Lipinski definition) is 2. The summed E-state index contributed by atoms with van der Waals surface area (Å²) in [7, 11) is 0. The minimum atomic E-state index is -0.557. The summed E-state index contributed by atoms with van der Waals surface area (Å²) >= 11 is 0. The third-order valence-electron chi connectivity index (χ3n) is 7.18. The number of amides is 2. The van der Waals surface area contributed by atoms with Crippen LogP contribution in [-0.2, 0) is 10.2 Å². The first-order chi connectivity index (χ1) is 18.9. The molecule has 0 aliphatic heterocycles. The summed E-state index contributed by atoms with van der Waals surface area (Å²) in [5.74, 6) is 0.263. The molecule has 3 heterocycles. The van der Waals surface area contributed by atoms with Crippen LogP contribution in [0.25, 0.3) is 22.4 Å². The lowest BCUT2D eigenvalue weighted by Crippen LogP contribution is -2.14. The maximum absolute atomic E-state index is 13.0. The zero-order chi connectivity index (χ0) is 27.0. The van der Waals surface area contributed by atoms with Gasteiger partial charge < -0.3 is 10.6 Å². The Morgan fingerprint density at radius 2 is 1.79 bits per heavy atom. The lowest BCUT2D eigenvalue weighted by molar-refractivity contribution is -0.117. The highest BCUT2D eigenvalue weighted by atomic mass is 16.2. The fraction of sp³-hybridized carbons (Fsp3) is 0.233. The van der Waals surface area contributed by atoms with Crippen LogP contribution in [0.3, 0.4) is 0 Å². The molecule has 1 aromatic carbocycles. The predicted molar refractivity (Wildman–Crippen MR) is 146 cm³/mol. The molecule has 0 unspecified atom stereocenters. The Bertz CT molecular complexity index is 1650. The van der Waals surface area contributed by atoms with Gasteiger partial charge in [0, 0.05) is 53.0 Å². The lowest BCUT2D eigenvalue weighted by Gasteiger charge is -2.12. The van der Waals surface area contributed by atoms with Crippen molar-refractivity contribution in [3.8, 4) is 28.5 Å². The second-order valence-corrected chi connectivity index (χ2v) is 10.1. The van der Waals surface area contributed by atoms with E-state index in [1.54, 1.807) is 36.8 Å². The highest BCUT2D eigenvalue weighted by molar-refractivity contribution is 6.04. The van der Waals surface area contributed by atoms with Crippen molar-refractivity contribution < 1.29 is 9.59 Å². The Balaban J connectivity index is 1.23. The van der Waals surface area contributed by atoms with E-state index in [-0.39, 0.29) is 17.7 Å². The number of hydrogen-bond acceptors (Lipinski definition) is 7. The van der Waals surface area contributed by atoms with Crippen LogP contribution < -0.4 is 10.6 Å². The molecule has 2 amide bonds. The van der Waals surface area contributed by atoms with Gasteiger partial charge in [-0.05, 0) is 74.1 Å². The number of aromatic nitrogens is 4. The van der Waals surface area contributed by atoms with Crippen LogP contribution in [0.4, 0.5) is 11.5 Å². The van der Waals surface area contributed by atoms with Gasteiger partial charge in [-0.1, -0.05) is 6.07 Å². The lowest BCUT2D eigenvalue weighted by atomic mass is 9.99. The van der Waals surface area contributed by atoms with Gasteiger partial charge in [0.25, 0.3) is 5.91 Å². The molecular formula is C30H25N7O2. The van der Waals surface area contributed by atoms with E-state index in [2.05, 4.69) is 36.6 Å². The van der Waals surface area contributed by atoms with E-state index in [9.17, 15) is 14.9 Å². The molecule has 2 fully saturated rings. The molecule has 2 aliphatic carbocycles. The Hall–Kier alpha value is -4.97. The van der Waals surface area contributed by atoms with Gasteiger partial charge in [-0.15, -0.1) is 0 Å². The van der Waals surface area contributed by atoms with Crippen molar-refractivity contribution in [2.45, 2.75) is 38.0 Å². The van der Waals surface area contributed by atoms with E-state index >= 15 is 0 Å². The zero-order valence-corrected chi connectivity index (χ0v) is 21.3. The topological polar surface area (TPSA) is 134 Å². The van der Waals surface area contributed by atoms with Gasteiger partial charge in [0.1, 0.15) is 12.1 Å². The molecule has 0 bridgehead atoms. The minimum absolute atomic E-state index is 0.0129. The van der Waals surface area contributed by atoms with Crippen molar-refractivity contribution in [3.63, 3.8) is 0 Å². The number of aryl methyl sites for hydroxylation is 1. The quantitative estimate of drug-likeness (QED) is 0.351.